The zero-order valence-corrected chi connectivity index (χ0v) is 14.1. The number of non-ortho nitro benzene ring substituents is 1. The van der Waals surface area contributed by atoms with Crippen molar-refractivity contribution in [2.75, 3.05) is 0 Å². The molecule has 0 radical (unpaired) electrons. The van der Waals surface area contributed by atoms with Gasteiger partial charge in [-0.2, -0.15) is 0 Å². The van der Waals surface area contributed by atoms with Crippen LogP contribution in [0.2, 0.25) is 0 Å². The number of thiophene rings is 1. The van der Waals surface area contributed by atoms with Crippen molar-refractivity contribution in [2.45, 2.75) is 18.4 Å². The molecular weight excluding hydrogens is 380 g/mol. The van der Waals surface area contributed by atoms with Crippen LogP contribution in [0, 0.1) is 17.0 Å². The van der Waals surface area contributed by atoms with Crippen molar-refractivity contribution in [2.24, 2.45) is 0 Å². The van der Waals surface area contributed by atoms with E-state index in [0.29, 0.717) is 5.56 Å². The molecule has 0 atom stereocenters. The fourth-order valence-electron chi connectivity index (χ4n) is 1.68. The Labute approximate surface area is 134 Å². The predicted molar refractivity (Wildman–Crippen MR) is 83.9 cm³/mol. The number of benzene rings is 1. The van der Waals surface area contributed by atoms with Gasteiger partial charge in [0, 0.05) is 28.0 Å². The molecule has 0 fully saturated rings. The maximum atomic E-state index is 12.3. The summed E-state index contributed by atoms with van der Waals surface area (Å²) in [4.78, 5) is 10.9. The molecular formula is C12H11BrN2O4S2. The van der Waals surface area contributed by atoms with Crippen LogP contribution in [0.5, 0.6) is 0 Å². The average Bonchev–Trinajstić information content (AvgIpc) is 2.82. The van der Waals surface area contributed by atoms with Crippen LogP contribution >= 0.6 is 27.3 Å². The van der Waals surface area contributed by atoms with E-state index < -0.39 is 14.9 Å². The van der Waals surface area contributed by atoms with Crippen molar-refractivity contribution < 1.29 is 13.3 Å². The van der Waals surface area contributed by atoms with E-state index in [1.54, 1.807) is 6.92 Å². The second kappa shape index (κ2) is 6.22. The van der Waals surface area contributed by atoms with E-state index in [-0.39, 0.29) is 17.1 Å². The van der Waals surface area contributed by atoms with Gasteiger partial charge in [0.2, 0.25) is 10.0 Å². The summed E-state index contributed by atoms with van der Waals surface area (Å²) in [6.45, 7) is 1.72. The Morgan fingerprint density at radius 1 is 1.38 bits per heavy atom. The molecule has 0 aliphatic heterocycles. The third-order valence-corrected chi connectivity index (χ3v) is 6.26. The molecule has 2 rings (SSSR count). The zero-order valence-electron chi connectivity index (χ0n) is 10.9. The number of nitrogens with one attached hydrogen (secondary N) is 1. The number of nitrogens with zero attached hydrogens (tertiary/aromatic N) is 1. The van der Waals surface area contributed by atoms with Crippen LogP contribution in [0.15, 0.2) is 39.0 Å². The van der Waals surface area contributed by atoms with Crippen LogP contribution < -0.4 is 4.72 Å². The van der Waals surface area contributed by atoms with Gasteiger partial charge in [-0.15, -0.1) is 11.3 Å². The third-order valence-electron chi connectivity index (χ3n) is 2.79. The zero-order chi connectivity index (χ0) is 15.6. The van der Waals surface area contributed by atoms with E-state index in [9.17, 15) is 18.5 Å². The molecule has 0 unspecified atom stereocenters. The number of halogens is 1. The summed E-state index contributed by atoms with van der Waals surface area (Å²) >= 11 is 4.74. The molecule has 1 N–H and O–H groups in total. The van der Waals surface area contributed by atoms with E-state index >= 15 is 0 Å². The number of rotatable bonds is 5. The minimum Gasteiger partial charge on any atom is -0.258 e. The highest BCUT2D eigenvalue weighted by atomic mass is 79.9. The number of aryl methyl sites for hydroxylation is 1. The molecule has 0 saturated heterocycles. The van der Waals surface area contributed by atoms with Crippen molar-refractivity contribution in [3.63, 3.8) is 0 Å². The molecule has 6 nitrogen and oxygen atoms in total. The molecule has 0 spiro atoms. The lowest BCUT2D eigenvalue weighted by Crippen LogP contribution is -2.23. The second-order valence-corrected chi connectivity index (χ2v) is 7.81. The molecule has 0 amide bonds. The first-order chi connectivity index (χ1) is 9.81. The topological polar surface area (TPSA) is 89.3 Å². The highest BCUT2D eigenvalue weighted by Gasteiger charge is 2.20. The van der Waals surface area contributed by atoms with Crippen molar-refractivity contribution in [3.8, 4) is 0 Å². The predicted octanol–water partition coefficient (Wildman–Crippen LogP) is 3.21. The Balaban J connectivity index is 2.29. The Kier molecular flexibility index (Phi) is 4.77. The summed E-state index contributed by atoms with van der Waals surface area (Å²) in [7, 11) is -3.81. The molecule has 2 aromatic rings. The molecule has 9 heteroatoms. The monoisotopic (exact) mass is 390 g/mol. The maximum Gasteiger partial charge on any atom is 0.270 e. The van der Waals surface area contributed by atoms with E-state index in [1.165, 1.54) is 23.5 Å². The van der Waals surface area contributed by atoms with Crippen LogP contribution in [0.1, 0.15) is 10.4 Å². The summed E-state index contributed by atoms with van der Waals surface area (Å²) in [5.74, 6) is 0. The minimum absolute atomic E-state index is 0.0793. The first kappa shape index (κ1) is 16.1. The van der Waals surface area contributed by atoms with Gasteiger partial charge in [0.05, 0.1) is 9.82 Å². The van der Waals surface area contributed by atoms with Gasteiger partial charge in [-0.05, 0) is 39.9 Å². The number of nitro benzene ring substituents is 1. The molecule has 112 valence electrons. The third kappa shape index (κ3) is 3.67. The van der Waals surface area contributed by atoms with Gasteiger partial charge >= 0.3 is 0 Å². The average molecular weight is 391 g/mol. The van der Waals surface area contributed by atoms with Gasteiger partial charge < -0.3 is 0 Å². The first-order valence-corrected chi connectivity index (χ1v) is 8.93. The van der Waals surface area contributed by atoms with Gasteiger partial charge in [0.1, 0.15) is 0 Å². The largest absolute Gasteiger partial charge is 0.270 e. The quantitative estimate of drug-likeness (QED) is 0.626. The van der Waals surface area contributed by atoms with Gasteiger partial charge in [-0.25, -0.2) is 13.1 Å². The van der Waals surface area contributed by atoms with Crippen molar-refractivity contribution in [1.82, 2.24) is 4.72 Å². The number of sulfonamides is 1. The summed E-state index contributed by atoms with van der Waals surface area (Å²) in [6, 6.07) is 5.60. The van der Waals surface area contributed by atoms with Crippen molar-refractivity contribution in [3.05, 3.63) is 54.7 Å². The SMILES string of the molecule is Cc1ccc([N+](=O)[O-])cc1S(=O)(=O)NCc1sccc1Br. The molecule has 1 heterocycles. The lowest BCUT2D eigenvalue weighted by atomic mass is 10.2. The molecule has 1 aromatic carbocycles. The molecule has 0 saturated carbocycles. The van der Waals surface area contributed by atoms with Crippen LogP contribution in [-0.2, 0) is 16.6 Å². The van der Waals surface area contributed by atoms with Gasteiger partial charge in [-0.1, -0.05) is 6.07 Å². The number of hydrogen-bond donors (Lipinski definition) is 1. The first-order valence-electron chi connectivity index (χ1n) is 5.78. The Morgan fingerprint density at radius 2 is 2.10 bits per heavy atom. The summed E-state index contributed by atoms with van der Waals surface area (Å²) in [5.41, 5.74) is 0.205. The number of hydrogen-bond acceptors (Lipinski definition) is 5. The summed E-state index contributed by atoms with van der Waals surface area (Å²) in [5, 5.41) is 12.6. The lowest BCUT2D eigenvalue weighted by Gasteiger charge is -2.08. The highest BCUT2D eigenvalue weighted by Crippen LogP contribution is 2.24. The smallest absolute Gasteiger partial charge is 0.258 e. The van der Waals surface area contributed by atoms with E-state index in [4.69, 9.17) is 0 Å². The minimum atomic E-state index is -3.81. The Morgan fingerprint density at radius 3 is 2.67 bits per heavy atom. The second-order valence-electron chi connectivity index (χ2n) is 4.22. The summed E-state index contributed by atoms with van der Waals surface area (Å²) < 4.78 is 27.9. The van der Waals surface area contributed by atoms with Gasteiger partial charge in [0.25, 0.3) is 5.69 Å². The fraction of sp³-hybridized carbons (Fsp3) is 0.167. The van der Waals surface area contributed by atoms with Gasteiger partial charge in [0.15, 0.2) is 0 Å². The van der Waals surface area contributed by atoms with Crippen LogP contribution in [0.4, 0.5) is 5.69 Å². The van der Waals surface area contributed by atoms with Gasteiger partial charge in [-0.3, -0.25) is 10.1 Å². The molecule has 0 bridgehead atoms. The highest BCUT2D eigenvalue weighted by molar-refractivity contribution is 9.10. The normalized spacial score (nSPS) is 11.5. The van der Waals surface area contributed by atoms with E-state index in [2.05, 4.69) is 20.7 Å². The van der Waals surface area contributed by atoms with E-state index in [0.717, 1.165) is 15.4 Å². The summed E-state index contributed by atoms with van der Waals surface area (Å²) in [6.07, 6.45) is 0. The van der Waals surface area contributed by atoms with Crippen molar-refractivity contribution in [1.29, 1.82) is 0 Å². The molecule has 0 aliphatic rings. The molecule has 1 aromatic heterocycles. The maximum absolute atomic E-state index is 12.3. The van der Waals surface area contributed by atoms with Crippen LogP contribution in [0.3, 0.4) is 0 Å². The van der Waals surface area contributed by atoms with E-state index in [1.807, 2.05) is 11.4 Å². The van der Waals surface area contributed by atoms with Crippen LogP contribution in [-0.4, -0.2) is 13.3 Å². The Bertz CT molecular complexity index is 786. The molecule has 0 aliphatic carbocycles. The standard InChI is InChI=1S/C12H11BrN2O4S2/c1-8-2-3-9(15(16)17)6-12(8)21(18,19)14-7-11-10(13)4-5-20-11/h2-6,14H,7H2,1H3. The van der Waals surface area contributed by atoms with Crippen LogP contribution in [0.25, 0.3) is 0 Å². The number of nitro groups is 1. The Hall–Kier alpha value is -1.29. The fourth-order valence-corrected chi connectivity index (χ4v) is 4.46. The lowest BCUT2D eigenvalue weighted by molar-refractivity contribution is -0.385. The molecule has 21 heavy (non-hydrogen) atoms. The van der Waals surface area contributed by atoms with Crippen molar-refractivity contribution >= 4 is 43.0 Å².